The van der Waals surface area contributed by atoms with Crippen molar-refractivity contribution in [3.05, 3.63) is 59.7 Å². The first-order valence-corrected chi connectivity index (χ1v) is 10.4. The van der Waals surface area contributed by atoms with Crippen LogP contribution in [0, 0.1) is 0 Å². The number of thiophene rings is 1. The highest BCUT2D eigenvalue weighted by molar-refractivity contribution is 7.08. The average Bonchev–Trinajstić information content (AvgIpc) is 3.36. The normalized spacial score (nSPS) is 11.4. The molecule has 0 spiro atoms. The van der Waals surface area contributed by atoms with Crippen molar-refractivity contribution in [2.45, 2.75) is 13.0 Å². The van der Waals surface area contributed by atoms with Crippen LogP contribution in [0.1, 0.15) is 6.42 Å². The van der Waals surface area contributed by atoms with Crippen molar-refractivity contribution in [1.82, 2.24) is 14.5 Å². The molecule has 0 radical (unpaired) electrons. The van der Waals surface area contributed by atoms with Crippen LogP contribution in [0.5, 0.6) is 5.75 Å². The van der Waals surface area contributed by atoms with Gasteiger partial charge >= 0.3 is 0 Å². The monoisotopic (exact) mass is 391 g/mol. The Morgan fingerprint density at radius 2 is 1.96 bits per heavy atom. The van der Waals surface area contributed by atoms with Gasteiger partial charge in [0.2, 0.25) is 0 Å². The van der Waals surface area contributed by atoms with Crippen molar-refractivity contribution in [3.63, 3.8) is 0 Å². The maximum Gasteiger partial charge on any atom is 0.143 e. The summed E-state index contributed by atoms with van der Waals surface area (Å²) in [7, 11) is 5.97. The Bertz CT molecular complexity index is 1070. The molecular weight excluding hydrogens is 366 g/mol. The van der Waals surface area contributed by atoms with Crippen molar-refractivity contribution in [3.8, 4) is 28.0 Å². The summed E-state index contributed by atoms with van der Waals surface area (Å²) in [5, 5.41) is 5.46. The fraction of sp³-hybridized carbons (Fsp3) is 0.261. The number of hydrogen-bond acceptors (Lipinski definition) is 4. The van der Waals surface area contributed by atoms with E-state index in [4.69, 9.17) is 4.74 Å². The van der Waals surface area contributed by atoms with Crippen LogP contribution in [0.3, 0.4) is 0 Å². The first-order valence-electron chi connectivity index (χ1n) is 9.46. The molecule has 1 aromatic carbocycles. The summed E-state index contributed by atoms with van der Waals surface area (Å²) in [6, 6.07) is 10.6. The molecule has 0 fully saturated rings. The summed E-state index contributed by atoms with van der Waals surface area (Å²) < 4.78 is 8.01. The Hall–Kier alpha value is -2.63. The van der Waals surface area contributed by atoms with Crippen molar-refractivity contribution in [2.24, 2.45) is 0 Å². The lowest BCUT2D eigenvalue weighted by molar-refractivity contribution is 0.386. The highest BCUT2D eigenvalue weighted by Crippen LogP contribution is 2.36. The Kier molecular flexibility index (Phi) is 5.46. The van der Waals surface area contributed by atoms with Gasteiger partial charge in [-0.1, -0.05) is 12.1 Å². The third kappa shape index (κ3) is 3.68. The van der Waals surface area contributed by atoms with E-state index in [-0.39, 0.29) is 0 Å². The molecule has 28 heavy (non-hydrogen) atoms. The van der Waals surface area contributed by atoms with Crippen molar-refractivity contribution < 1.29 is 4.74 Å². The summed E-state index contributed by atoms with van der Waals surface area (Å²) >= 11 is 1.71. The minimum Gasteiger partial charge on any atom is -0.495 e. The second-order valence-corrected chi connectivity index (χ2v) is 8.00. The second kappa shape index (κ2) is 8.17. The summed E-state index contributed by atoms with van der Waals surface area (Å²) in [4.78, 5) is 6.74. The number of hydrogen-bond donors (Lipinski definition) is 0. The Morgan fingerprint density at radius 1 is 1.11 bits per heavy atom. The molecule has 0 aliphatic carbocycles. The molecule has 0 saturated carbocycles. The number of benzene rings is 1. The van der Waals surface area contributed by atoms with Gasteiger partial charge in [0.25, 0.3) is 0 Å². The van der Waals surface area contributed by atoms with E-state index in [0.29, 0.717) is 0 Å². The minimum atomic E-state index is 0.913. The molecule has 0 atom stereocenters. The van der Waals surface area contributed by atoms with E-state index in [2.05, 4.69) is 69.8 Å². The summed E-state index contributed by atoms with van der Waals surface area (Å²) in [6.07, 6.45) is 7.22. The van der Waals surface area contributed by atoms with Crippen LogP contribution in [0.2, 0.25) is 0 Å². The Balaban J connectivity index is 1.80. The molecule has 0 amide bonds. The van der Waals surface area contributed by atoms with Gasteiger partial charge in [-0.25, -0.2) is 0 Å². The molecule has 4 aromatic rings. The fourth-order valence-electron chi connectivity index (χ4n) is 3.63. The van der Waals surface area contributed by atoms with E-state index in [1.165, 1.54) is 16.5 Å². The molecule has 3 aromatic heterocycles. The fourth-order valence-corrected chi connectivity index (χ4v) is 4.29. The van der Waals surface area contributed by atoms with E-state index in [9.17, 15) is 0 Å². The number of para-hydroxylation sites is 1. The van der Waals surface area contributed by atoms with Crippen LogP contribution < -0.4 is 4.74 Å². The van der Waals surface area contributed by atoms with Crippen molar-refractivity contribution in [1.29, 1.82) is 0 Å². The maximum atomic E-state index is 5.68. The lowest BCUT2D eigenvalue weighted by Crippen LogP contribution is -2.14. The van der Waals surface area contributed by atoms with E-state index in [0.717, 1.165) is 41.9 Å². The third-order valence-corrected chi connectivity index (χ3v) is 5.67. The van der Waals surface area contributed by atoms with Gasteiger partial charge in [0.1, 0.15) is 5.75 Å². The van der Waals surface area contributed by atoms with Gasteiger partial charge in [-0.15, -0.1) is 0 Å². The largest absolute Gasteiger partial charge is 0.495 e. The van der Waals surface area contributed by atoms with Crippen molar-refractivity contribution >= 4 is 22.2 Å². The van der Waals surface area contributed by atoms with Gasteiger partial charge in [-0.2, -0.15) is 11.3 Å². The van der Waals surface area contributed by atoms with Gasteiger partial charge in [0.15, 0.2) is 0 Å². The molecule has 0 aliphatic rings. The standard InChI is InChI=1S/C23H25N3OS/c1-25(2)9-5-10-26-15-21(20-6-4-7-22(27-3)23(20)26)19-12-18(13-24-14-19)17-8-11-28-16-17/h4,6-8,11-16H,5,9-10H2,1-3H3. The number of aromatic nitrogens is 2. The Labute approximate surface area is 170 Å². The molecule has 5 heteroatoms. The zero-order valence-corrected chi connectivity index (χ0v) is 17.4. The number of pyridine rings is 1. The quantitative estimate of drug-likeness (QED) is 0.423. The lowest BCUT2D eigenvalue weighted by atomic mass is 10.0. The van der Waals surface area contributed by atoms with Crippen LogP contribution in [-0.4, -0.2) is 42.2 Å². The predicted octanol–water partition coefficient (Wildman–Crippen LogP) is 5.39. The van der Waals surface area contributed by atoms with E-state index < -0.39 is 0 Å². The molecule has 144 valence electrons. The first-order chi connectivity index (χ1) is 13.7. The van der Waals surface area contributed by atoms with Crippen LogP contribution in [0.25, 0.3) is 33.2 Å². The molecule has 4 nitrogen and oxygen atoms in total. The van der Waals surface area contributed by atoms with Crippen LogP contribution >= 0.6 is 11.3 Å². The van der Waals surface area contributed by atoms with E-state index >= 15 is 0 Å². The smallest absolute Gasteiger partial charge is 0.143 e. The van der Waals surface area contributed by atoms with Crippen LogP contribution in [0.15, 0.2) is 59.7 Å². The third-order valence-electron chi connectivity index (χ3n) is 4.99. The molecule has 0 unspecified atom stereocenters. The topological polar surface area (TPSA) is 30.3 Å². The van der Waals surface area contributed by atoms with Crippen molar-refractivity contribution in [2.75, 3.05) is 27.7 Å². The maximum absolute atomic E-state index is 5.68. The number of aryl methyl sites for hydroxylation is 1. The molecule has 0 aliphatic heterocycles. The van der Waals surface area contributed by atoms with Crippen LogP contribution in [0.4, 0.5) is 0 Å². The molecule has 0 N–H and O–H groups in total. The van der Waals surface area contributed by atoms with E-state index in [1.807, 2.05) is 18.5 Å². The van der Waals surface area contributed by atoms with Gasteiger partial charge in [-0.05, 0) is 61.6 Å². The number of nitrogens with zero attached hydrogens (tertiary/aromatic N) is 3. The van der Waals surface area contributed by atoms with E-state index in [1.54, 1.807) is 18.4 Å². The van der Waals surface area contributed by atoms with Crippen LogP contribution in [-0.2, 0) is 6.54 Å². The predicted molar refractivity (Wildman–Crippen MR) is 118 cm³/mol. The molecule has 3 heterocycles. The number of fused-ring (bicyclic) bond motifs is 1. The minimum absolute atomic E-state index is 0.913. The van der Waals surface area contributed by atoms with Gasteiger partial charge in [-0.3, -0.25) is 4.98 Å². The summed E-state index contributed by atoms with van der Waals surface area (Å²) in [5.74, 6) is 0.913. The number of rotatable bonds is 7. The van der Waals surface area contributed by atoms with Gasteiger partial charge in [0.05, 0.1) is 12.6 Å². The lowest BCUT2D eigenvalue weighted by Gasteiger charge is -2.11. The summed E-state index contributed by atoms with van der Waals surface area (Å²) in [6.45, 7) is 2.01. The molecule has 0 bridgehead atoms. The molecule has 0 saturated heterocycles. The zero-order chi connectivity index (χ0) is 19.5. The average molecular weight is 392 g/mol. The summed E-state index contributed by atoms with van der Waals surface area (Å²) in [5.41, 5.74) is 5.85. The highest BCUT2D eigenvalue weighted by atomic mass is 32.1. The van der Waals surface area contributed by atoms with Gasteiger partial charge in [0, 0.05) is 47.2 Å². The highest BCUT2D eigenvalue weighted by Gasteiger charge is 2.15. The zero-order valence-electron chi connectivity index (χ0n) is 16.6. The molecular formula is C23H25N3OS. The Morgan fingerprint density at radius 3 is 2.71 bits per heavy atom. The second-order valence-electron chi connectivity index (χ2n) is 7.22. The SMILES string of the molecule is COc1cccc2c(-c3cncc(-c4ccsc4)c3)cn(CCCN(C)C)c12. The first kappa shape index (κ1) is 18.7. The molecule has 4 rings (SSSR count). The number of methoxy groups -OCH3 is 1. The van der Waals surface area contributed by atoms with Gasteiger partial charge < -0.3 is 14.2 Å². The number of ether oxygens (including phenoxy) is 1.